The highest BCUT2D eigenvalue weighted by Crippen LogP contribution is 2.05. The number of nitrogens with one attached hydrogen (secondary N) is 1. The fourth-order valence-electron chi connectivity index (χ4n) is 1.50. The molecule has 1 amide bonds. The molecule has 5 nitrogen and oxygen atoms in total. The molecular formula is C12H19BrN2O3. The van der Waals surface area contributed by atoms with Gasteiger partial charge in [0, 0.05) is 25.1 Å². The van der Waals surface area contributed by atoms with Crippen molar-refractivity contribution in [1.82, 2.24) is 10.5 Å². The predicted octanol–water partition coefficient (Wildman–Crippen LogP) is 2.51. The minimum absolute atomic E-state index is 0.193. The van der Waals surface area contributed by atoms with Crippen LogP contribution in [0.2, 0.25) is 0 Å². The summed E-state index contributed by atoms with van der Waals surface area (Å²) in [7, 11) is 1.56. The Hall–Kier alpha value is -0.880. The number of alkyl halides is 1. The van der Waals surface area contributed by atoms with Crippen LogP contribution in [-0.4, -0.2) is 30.0 Å². The summed E-state index contributed by atoms with van der Waals surface area (Å²) in [6.45, 7) is 1.00. The fraction of sp³-hybridized carbons (Fsp3) is 0.667. The number of carbonyl (C=O) groups excluding carboxylic acids is 1. The van der Waals surface area contributed by atoms with E-state index in [1.165, 1.54) is 12.8 Å². The molecule has 0 spiro atoms. The molecule has 1 aromatic heterocycles. The summed E-state index contributed by atoms with van der Waals surface area (Å²) in [5.74, 6) is 0.363. The first-order chi connectivity index (χ1) is 8.77. The average Bonchev–Trinajstić information content (AvgIpc) is 2.82. The third-order valence-electron chi connectivity index (χ3n) is 2.42. The second-order valence-electron chi connectivity index (χ2n) is 3.97. The lowest BCUT2D eigenvalue weighted by Crippen LogP contribution is -2.24. The van der Waals surface area contributed by atoms with Crippen LogP contribution in [0.4, 0.5) is 0 Å². The first-order valence-electron chi connectivity index (χ1n) is 6.06. The number of carbonyl (C=O) groups is 1. The van der Waals surface area contributed by atoms with Gasteiger partial charge in [0.1, 0.15) is 6.61 Å². The van der Waals surface area contributed by atoms with Crippen LogP contribution < -0.4 is 5.32 Å². The highest BCUT2D eigenvalue weighted by molar-refractivity contribution is 9.09. The molecule has 0 atom stereocenters. The van der Waals surface area contributed by atoms with Crippen molar-refractivity contribution in [3.05, 3.63) is 17.5 Å². The number of unbranched alkanes of at least 4 members (excludes halogenated alkanes) is 3. The van der Waals surface area contributed by atoms with E-state index >= 15 is 0 Å². The summed E-state index contributed by atoms with van der Waals surface area (Å²) in [4.78, 5) is 11.7. The van der Waals surface area contributed by atoms with Crippen molar-refractivity contribution < 1.29 is 14.1 Å². The van der Waals surface area contributed by atoms with E-state index in [9.17, 15) is 4.79 Å². The molecule has 1 heterocycles. The zero-order chi connectivity index (χ0) is 13.2. The summed E-state index contributed by atoms with van der Waals surface area (Å²) in [5.41, 5.74) is 0.308. The molecule has 0 fully saturated rings. The second-order valence-corrected chi connectivity index (χ2v) is 4.76. The first kappa shape index (κ1) is 15.2. The van der Waals surface area contributed by atoms with Gasteiger partial charge >= 0.3 is 0 Å². The zero-order valence-corrected chi connectivity index (χ0v) is 12.2. The maximum absolute atomic E-state index is 11.7. The van der Waals surface area contributed by atoms with Gasteiger partial charge in [-0.15, -0.1) is 0 Å². The van der Waals surface area contributed by atoms with Crippen molar-refractivity contribution in [1.29, 1.82) is 0 Å². The number of hydrogen-bond donors (Lipinski definition) is 1. The quantitative estimate of drug-likeness (QED) is 0.561. The normalized spacial score (nSPS) is 10.6. The van der Waals surface area contributed by atoms with E-state index in [0.29, 0.717) is 24.6 Å². The number of hydrogen-bond acceptors (Lipinski definition) is 4. The molecule has 6 heteroatoms. The third kappa shape index (κ3) is 5.64. The molecule has 0 aliphatic carbocycles. The van der Waals surface area contributed by atoms with Gasteiger partial charge in [-0.05, 0) is 12.8 Å². The van der Waals surface area contributed by atoms with Gasteiger partial charge in [-0.25, -0.2) is 0 Å². The van der Waals surface area contributed by atoms with Crippen molar-refractivity contribution in [2.75, 3.05) is 19.0 Å². The maximum atomic E-state index is 11.7. The molecule has 0 radical (unpaired) electrons. The minimum Gasteiger partial charge on any atom is -0.377 e. The van der Waals surface area contributed by atoms with Crippen LogP contribution in [0.1, 0.15) is 41.9 Å². The Kier molecular flexibility index (Phi) is 7.68. The summed E-state index contributed by atoms with van der Waals surface area (Å²) < 4.78 is 9.83. The average molecular weight is 319 g/mol. The summed E-state index contributed by atoms with van der Waals surface area (Å²) in [6, 6.07) is 1.60. The topological polar surface area (TPSA) is 64.4 Å². The molecule has 1 aromatic rings. The highest BCUT2D eigenvalue weighted by Gasteiger charge is 2.11. The molecule has 0 aromatic carbocycles. The lowest BCUT2D eigenvalue weighted by atomic mass is 10.2. The summed E-state index contributed by atoms with van der Waals surface area (Å²) in [5, 5.41) is 7.55. The second kappa shape index (κ2) is 9.10. The van der Waals surface area contributed by atoms with Crippen LogP contribution in [0, 0.1) is 0 Å². The van der Waals surface area contributed by atoms with E-state index in [-0.39, 0.29) is 5.91 Å². The Bertz CT molecular complexity index is 355. The Morgan fingerprint density at radius 2 is 2.22 bits per heavy atom. The van der Waals surface area contributed by atoms with Gasteiger partial charge in [0.05, 0.1) is 0 Å². The largest absolute Gasteiger partial charge is 0.377 e. The van der Waals surface area contributed by atoms with Crippen LogP contribution >= 0.6 is 15.9 Å². The van der Waals surface area contributed by atoms with E-state index in [1.807, 2.05) is 0 Å². The monoisotopic (exact) mass is 318 g/mol. The molecule has 0 saturated heterocycles. The molecule has 1 N–H and O–H groups in total. The number of ether oxygens (including phenoxy) is 1. The van der Waals surface area contributed by atoms with Crippen LogP contribution in [0.15, 0.2) is 10.6 Å². The molecule has 0 aliphatic rings. The van der Waals surface area contributed by atoms with Crippen LogP contribution in [0.25, 0.3) is 0 Å². The first-order valence-corrected chi connectivity index (χ1v) is 7.18. The summed E-state index contributed by atoms with van der Waals surface area (Å²) >= 11 is 3.39. The third-order valence-corrected chi connectivity index (χ3v) is 2.98. The van der Waals surface area contributed by atoms with Crippen molar-refractivity contribution in [2.45, 2.75) is 32.3 Å². The molecule has 0 unspecified atom stereocenters. The van der Waals surface area contributed by atoms with Crippen LogP contribution in [-0.2, 0) is 11.3 Å². The molecule has 0 aliphatic heterocycles. The number of halogens is 1. The zero-order valence-electron chi connectivity index (χ0n) is 10.6. The Morgan fingerprint density at radius 1 is 1.44 bits per heavy atom. The standard InChI is InChI=1S/C12H19BrN2O3/c1-17-9-10-8-11(15-18-10)12(16)14-7-5-3-2-4-6-13/h8H,2-7,9H2,1H3,(H,14,16). The minimum atomic E-state index is -0.193. The number of rotatable bonds is 9. The number of methoxy groups -OCH3 is 1. The van der Waals surface area contributed by atoms with Gasteiger partial charge in [0.15, 0.2) is 11.5 Å². The van der Waals surface area contributed by atoms with E-state index in [1.54, 1.807) is 13.2 Å². The fourth-order valence-corrected chi connectivity index (χ4v) is 1.89. The van der Waals surface area contributed by atoms with Gasteiger partial charge in [-0.3, -0.25) is 4.79 Å². The van der Waals surface area contributed by atoms with E-state index in [4.69, 9.17) is 9.26 Å². The molecule has 1 rings (SSSR count). The molecule has 102 valence electrons. The Labute approximate surface area is 115 Å². The van der Waals surface area contributed by atoms with Gasteiger partial charge in [0.2, 0.25) is 0 Å². The highest BCUT2D eigenvalue weighted by atomic mass is 79.9. The van der Waals surface area contributed by atoms with Crippen molar-refractivity contribution >= 4 is 21.8 Å². The lowest BCUT2D eigenvalue weighted by molar-refractivity contribution is 0.0943. The van der Waals surface area contributed by atoms with Crippen molar-refractivity contribution in [3.63, 3.8) is 0 Å². The van der Waals surface area contributed by atoms with Gasteiger partial charge < -0.3 is 14.6 Å². The summed E-state index contributed by atoms with van der Waals surface area (Å²) in [6.07, 6.45) is 4.47. The molecular weight excluding hydrogens is 300 g/mol. The number of aromatic nitrogens is 1. The Balaban J connectivity index is 2.19. The van der Waals surface area contributed by atoms with Gasteiger partial charge in [0.25, 0.3) is 5.91 Å². The van der Waals surface area contributed by atoms with Crippen LogP contribution in [0.3, 0.4) is 0 Å². The van der Waals surface area contributed by atoms with Gasteiger partial charge in [-0.2, -0.15) is 0 Å². The van der Waals surface area contributed by atoms with E-state index in [2.05, 4.69) is 26.4 Å². The van der Waals surface area contributed by atoms with Crippen molar-refractivity contribution in [2.24, 2.45) is 0 Å². The van der Waals surface area contributed by atoms with E-state index < -0.39 is 0 Å². The predicted molar refractivity (Wildman–Crippen MR) is 71.8 cm³/mol. The molecule has 0 bridgehead atoms. The van der Waals surface area contributed by atoms with Crippen LogP contribution in [0.5, 0.6) is 0 Å². The number of amides is 1. The molecule has 18 heavy (non-hydrogen) atoms. The Morgan fingerprint density at radius 3 is 2.94 bits per heavy atom. The lowest BCUT2D eigenvalue weighted by Gasteiger charge is -2.02. The van der Waals surface area contributed by atoms with Crippen molar-refractivity contribution in [3.8, 4) is 0 Å². The van der Waals surface area contributed by atoms with E-state index in [0.717, 1.165) is 18.2 Å². The maximum Gasteiger partial charge on any atom is 0.273 e. The number of nitrogens with zero attached hydrogens (tertiary/aromatic N) is 1. The SMILES string of the molecule is COCc1cc(C(=O)NCCCCCCBr)no1. The van der Waals surface area contributed by atoms with Gasteiger partial charge in [-0.1, -0.05) is 33.9 Å². The molecule has 0 saturated carbocycles. The smallest absolute Gasteiger partial charge is 0.273 e.